The Kier molecular flexibility index (Phi) is 3.19. The Bertz CT molecular complexity index is 297. The summed E-state index contributed by atoms with van der Waals surface area (Å²) < 4.78 is 1.96. The van der Waals surface area contributed by atoms with Gasteiger partial charge in [-0.05, 0) is 24.3 Å². The van der Waals surface area contributed by atoms with E-state index in [1.54, 1.807) is 36.2 Å². The van der Waals surface area contributed by atoms with Crippen LogP contribution in [0.3, 0.4) is 0 Å². The molecule has 0 aliphatic carbocycles. The molecule has 0 aliphatic rings. The van der Waals surface area contributed by atoms with Gasteiger partial charge in [0.1, 0.15) is 0 Å². The minimum absolute atomic E-state index is 0.318. The summed E-state index contributed by atoms with van der Waals surface area (Å²) in [6.07, 6.45) is 1.96. The van der Waals surface area contributed by atoms with E-state index >= 15 is 0 Å². The van der Waals surface area contributed by atoms with Crippen LogP contribution in [0.5, 0.6) is 0 Å². The Morgan fingerprint density at radius 2 is 1.92 bits per heavy atom. The average molecular weight is 197 g/mol. The molecule has 0 aromatic heterocycles. The van der Waals surface area contributed by atoms with Crippen LogP contribution >= 0.6 is 11.9 Å². The number of benzene rings is 1. The summed E-state index contributed by atoms with van der Waals surface area (Å²) in [5.74, 6) is -0.890. The lowest BCUT2D eigenvalue weighted by atomic mass is 10.2. The van der Waals surface area contributed by atoms with E-state index in [0.29, 0.717) is 5.56 Å². The van der Waals surface area contributed by atoms with E-state index in [1.807, 2.05) is 17.6 Å². The van der Waals surface area contributed by atoms with Crippen molar-refractivity contribution in [2.45, 2.75) is 0 Å². The maximum Gasteiger partial charge on any atom is 0.335 e. The number of hydrogen-bond acceptors (Lipinski definition) is 3. The zero-order valence-corrected chi connectivity index (χ0v) is 8.34. The summed E-state index contributed by atoms with van der Waals surface area (Å²) >= 11 is 1.58. The van der Waals surface area contributed by atoms with Gasteiger partial charge < -0.3 is 9.41 Å². The first-order valence-electron chi connectivity index (χ1n) is 3.76. The Morgan fingerprint density at radius 1 is 1.38 bits per heavy atom. The van der Waals surface area contributed by atoms with E-state index in [4.69, 9.17) is 5.11 Å². The summed E-state index contributed by atoms with van der Waals surface area (Å²) in [6, 6.07) is 6.79. The van der Waals surface area contributed by atoms with Crippen molar-refractivity contribution in [3.05, 3.63) is 29.8 Å². The van der Waals surface area contributed by atoms with Gasteiger partial charge in [0.15, 0.2) is 0 Å². The van der Waals surface area contributed by atoms with Crippen LogP contribution < -0.4 is 4.31 Å². The van der Waals surface area contributed by atoms with E-state index in [1.165, 1.54) is 0 Å². The topological polar surface area (TPSA) is 40.5 Å². The monoisotopic (exact) mass is 197 g/mol. The Labute approximate surface area is 81.5 Å². The molecule has 0 bridgehead atoms. The van der Waals surface area contributed by atoms with E-state index < -0.39 is 5.97 Å². The van der Waals surface area contributed by atoms with Gasteiger partial charge in [-0.15, -0.1) is 0 Å². The lowest BCUT2D eigenvalue weighted by molar-refractivity contribution is 0.0697. The number of nitrogens with zero attached hydrogens (tertiary/aromatic N) is 1. The zero-order valence-electron chi connectivity index (χ0n) is 7.52. The van der Waals surface area contributed by atoms with Crippen molar-refractivity contribution >= 4 is 23.6 Å². The molecule has 0 spiro atoms. The van der Waals surface area contributed by atoms with E-state index in [9.17, 15) is 4.79 Å². The second-order valence-electron chi connectivity index (χ2n) is 2.53. The van der Waals surface area contributed by atoms with Crippen LogP contribution in [-0.4, -0.2) is 24.4 Å². The van der Waals surface area contributed by atoms with Crippen LogP contribution in [0.2, 0.25) is 0 Å². The number of rotatable bonds is 3. The van der Waals surface area contributed by atoms with Crippen LogP contribution in [0.15, 0.2) is 24.3 Å². The fourth-order valence-electron chi connectivity index (χ4n) is 0.919. The maximum absolute atomic E-state index is 10.5. The standard InChI is InChI=1S/C9H11NO2S/c1-10(13-2)8-5-3-7(4-6-8)9(11)12/h3-6H,1-2H3,(H,11,12). The highest BCUT2D eigenvalue weighted by Crippen LogP contribution is 2.18. The van der Waals surface area contributed by atoms with Crippen molar-refractivity contribution in [3.8, 4) is 0 Å². The van der Waals surface area contributed by atoms with Gasteiger partial charge in [0, 0.05) is 19.0 Å². The predicted octanol–water partition coefficient (Wildman–Crippen LogP) is 2.10. The third-order valence-corrected chi connectivity index (χ3v) is 2.51. The second-order valence-corrected chi connectivity index (χ2v) is 3.44. The molecule has 0 radical (unpaired) electrons. The fourth-order valence-corrected chi connectivity index (χ4v) is 1.25. The van der Waals surface area contributed by atoms with Crippen LogP contribution in [-0.2, 0) is 0 Å². The summed E-state index contributed by atoms with van der Waals surface area (Å²) in [5, 5.41) is 8.65. The quantitative estimate of drug-likeness (QED) is 0.753. The van der Waals surface area contributed by atoms with Crippen molar-refractivity contribution in [1.29, 1.82) is 0 Å². The van der Waals surface area contributed by atoms with Crippen LogP contribution in [0.25, 0.3) is 0 Å². The summed E-state index contributed by atoms with van der Waals surface area (Å²) in [7, 11) is 1.93. The first-order chi connectivity index (χ1) is 6.15. The molecule has 1 N–H and O–H groups in total. The molecule has 0 unspecified atom stereocenters. The third-order valence-electron chi connectivity index (χ3n) is 1.75. The highest BCUT2D eigenvalue weighted by atomic mass is 32.2. The molecule has 0 atom stereocenters. The average Bonchev–Trinajstić information content (AvgIpc) is 2.17. The van der Waals surface area contributed by atoms with E-state index in [0.717, 1.165) is 5.69 Å². The third kappa shape index (κ3) is 2.39. The smallest absolute Gasteiger partial charge is 0.335 e. The van der Waals surface area contributed by atoms with Crippen molar-refractivity contribution < 1.29 is 9.90 Å². The molecule has 0 aliphatic heterocycles. The molecule has 1 aromatic rings. The molecule has 4 heteroatoms. The Hall–Kier alpha value is -1.16. The minimum atomic E-state index is -0.890. The van der Waals surface area contributed by atoms with Gasteiger partial charge in [-0.2, -0.15) is 0 Å². The number of hydrogen-bond donors (Lipinski definition) is 1. The summed E-state index contributed by atoms with van der Waals surface area (Å²) in [6.45, 7) is 0. The first kappa shape index (κ1) is 9.92. The highest BCUT2D eigenvalue weighted by Gasteiger charge is 2.03. The van der Waals surface area contributed by atoms with Gasteiger partial charge in [0.25, 0.3) is 0 Å². The molecule has 3 nitrogen and oxygen atoms in total. The highest BCUT2D eigenvalue weighted by molar-refractivity contribution is 7.99. The Morgan fingerprint density at radius 3 is 2.31 bits per heavy atom. The number of carboxylic acids is 1. The fraction of sp³-hybridized carbons (Fsp3) is 0.222. The number of carbonyl (C=O) groups is 1. The number of carboxylic acid groups (broad SMARTS) is 1. The van der Waals surface area contributed by atoms with Gasteiger partial charge in [0.2, 0.25) is 0 Å². The molecule has 70 valence electrons. The van der Waals surface area contributed by atoms with E-state index in [2.05, 4.69) is 0 Å². The molecule has 13 heavy (non-hydrogen) atoms. The molecular weight excluding hydrogens is 186 g/mol. The molecular formula is C9H11NO2S. The maximum atomic E-state index is 10.5. The molecule has 1 rings (SSSR count). The minimum Gasteiger partial charge on any atom is -0.478 e. The van der Waals surface area contributed by atoms with Gasteiger partial charge >= 0.3 is 5.97 Å². The van der Waals surface area contributed by atoms with Gasteiger partial charge in [-0.1, -0.05) is 11.9 Å². The summed E-state index contributed by atoms with van der Waals surface area (Å²) in [5.41, 5.74) is 1.32. The largest absolute Gasteiger partial charge is 0.478 e. The second kappa shape index (κ2) is 4.18. The van der Waals surface area contributed by atoms with Crippen molar-refractivity contribution in [2.75, 3.05) is 17.6 Å². The SMILES string of the molecule is CSN(C)c1ccc(C(=O)O)cc1. The van der Waals surface area contributed by atoms with Crippen LogP contribution in [0.4, 0.5) is 5.69 Å². The first-order valence-corrected chi connectivity index (χ1v) is 4.94. The van der Waals surface area contributed by atoms with E-state index in [-0.39, 0.29) is 0 Å². The molecule has 1 aromatic carbocycles. The van der Waals surface area contributed by atoms with Crippen molar-refractivity contribution in [2.24, 2.45) is 0 Å². The number of anilines is 1. The summed E-state index contributed by atoms with van der Waals surface area (Å²) in [4.78, 5) is 10.5. The van der Waals surface area contributed by atoms with Crippen LogP contribution in [0.1, 0.15) is 10.4 Å². The van der Waals surface area contributed by atoms with Crippen LogP contribution in [0, 0.1) is 0 Å². The number of aromatic carboxylic acids is 1. The zero-order chi connectivity index (χ0) is 9.84. The van der Waals surface area contributed by atoms with Crippen molar-refractivity contribution in [3.63, 3.8) is 0 Å². The van der Waals surface area contributed by atoms with Crippen molar-refractivity contribution in [1.82, 2.24) is 0 Å². The molecule has 0 amide bonds. The predicted molar refractivity (Wildman–Crippen MR) is 55.3 cm³/mol. The molecule has 0 saturated heterocycles. The lowest BCUT2D eigenvalue weighted by Crippen LogP contribution is -2.05. The normalized spacial score (nSPS) is 9.69. The van der Waals surface area contributed by atoms with Gasteiger partial charge in [0.05, 0.1) is 5.56 Å². The molecule has 0 saturated carbocycles. The molecule has 0 fully saturated rings. The Balaban J connectivity index is 2.87. The van der Waals surface area contributed by atoms with Gasteiger partial charge in [-0.3, -0.25) is 0 Å². The lowest BCUT2D eigenvalue weighted by Gasteiger charge is -2.14. The molecule has 0 heterocycles. The van der Waals surface area contributed by atoms with Gasteiger partial charge in [-0.25, -0.2) is 4.79 Å².